The molecule has 2 N–H and O–H groups in total. The highest BCUT2D eigenvalue weighted by Gasteiger charge is 2.35. The zero-order chi connectivity index (χ0) is 27.7. The molecule has 6 heteroatoms. The van der Waals surface area contributed by atoms with Gasteiger partial charge in [0.25, 0.3) is 5.91 Å². The second-order valence-electron chi connectivity index (χ2n) is 11.0. The van der Waals surface area contributed by atoms with Gasteiger partial charge in [0, 0.05) is 43.5 Å². The minimum atomic E-state index is -0.157. The molecule has 0 spiro atoms. The molecule has 3 aromatic carbocycles. The maximum absolute atomic E-state index is 12.5. The first-order valence-corrected chi connectivity index (χ1v) is 13.7. The van der Waals surface area contributed by atoms with Crippen LogP contribution in [0.15, 0.2) is 97.2 Å². The summed E-state index contributed by atoms with van der Waals surface area (Å²) in [4.78, 5) is 20.0. The first-order valence-electron chi connectivity index (χ1n) is 13.7. The number of nitrogens with one attached hydrogen (secondary N) is 1. The van der Waals surface area contributed by atoms with E-state index in [9.17, 15) is 9.90 Å². The topological polar surface area (TPSA) is 70.4 Å². The van der Waals surface area contributed by atoms with Gasteiger partial charge in [-0.3, -0.25) is 9.69 Å². The van der Waals surface area contributed by atoms with E-state index in [4.69, 9.17) is 4.98 Å². The maximum atomic E-state index is 12.5. The Kier molecular flexibility index (Phi) is 9.69. The standard InChI is InChI=1S/C33H40N4O2/c1-33(2,3)30(36(22-23-38)21-13-20-34-32(39)28-18-11-6-12-19-28)31-35-29(27-16-9-5-10-17-27)25-37(31)24-26-14-7-4-8-15-26/h4-12,14-19,25,30,38H,13,20-24H2,1-3H3,(H,34,39)/t30-/m0/s1. The number of aromatic nitrogens is 2. The average molecular weight is 525 g/mol. The van der Waals surface area contributed by atoms with Gasteiger partial charge in [-0.25, -0.2) is 4.98 Å². The Hall–Kier alpha value is -3.74. The minimum absolute atomic E-state index is 0.0457. The number of rotatable bonds is 12. The molecule has 4 rings (SSSR count). The van der Waals surface area contributed by atoms with Crippen LogP contribution in [-0.4, -0.2) is 51.7 Å². The van der Waals surface area contributed by atoms with Gasteiger partial charge in [-0.1, -0.05) is 99.6 Å². The van der Waals surface area contributed by atoms with Gasteiger partial charge < -0.3 is 15.0 Å². The molecule has 0 aliphatic carbocycles. The van der Waals surface area contributed by atoms with Gasteiger partial charge in [-0.2, -0.15) is 0 Å². The van der Waals surface area contributed by atoms with Crippen molar-refractivity contribution in [3.63, 3.8) is 0 Å². The van der Waals surface area contributed by atoms with Gasteiger partial charge in [-0.05, 0) is 29.5 Å². The number of nitrogens with zero attached hydrogens (tertiary/aromatic N) is 3. The second kappa shape index (κ2) is 13.4. The summed E-state index contributed by atoms with van der Waals surface area (Å²) in [5.74, 6) is 0.912. The summed E-state index contributed by atoms with van der Waals surface area (Å²) in [7, 11) is 0. The van der Waals surface area contributed by atoms with E-state index in [1.807, 2.05) is 54.6 Å². The van der Waals surface area contributed by atoms with Crippen LogP contribution in [0.1, 0.15) is 55.0 Å². The lowest BCUT2D eigenvalue weighted by molar-refractivity contribution is 0.0691. The fourth-order valence-corrected chi connectivity index (χ4v) is 5.08. The molecule has 0 aliphatic heterocycles. The van der Waals surface area contributed by atoms with Crippen LogP contribution in [0.3, 0.4) is 0 Å². The molecule has 0 saturated carbocycles. The summed E-state index contributed by atoms with van der Waals surface area (Å²) < 4.78 is 2.26. The fourth-order valence-electron chi connectivity index (χ4n) is 5.08. The van der Waals surface area contributed by atoms with E-state index in [2.05, 4.69) is 78.2 Å². The number of benzene rings is 3. The van der Waals surface area contributed by atoms with E-state index in [1.54, 1.807) is 0 Å². The van der Waals surface area contributed by atoms with E-state index in [0.717, 1.165) is 30.0 Å². The molecule has 0 unspecified atom stereocenters. The largest absolute Gasteiger partial charge is 0.395 e. The molecule has 0 radical (unpaired) electrons. The van der Waals surface area contributed by atoms with Crippen LogP contribution >= 0.6 is 0 Å². The van der Waals surface area contributed by atoms with E-state index in [-0.39, 0.29) is 24.0 Å². The summed E-state index contributed by atoms with van der Waals surface area (Å²) in [6.45, 7) is 9.23. The van der Waals surface area contributed by atoms with Crippen molar-refractivity contribution in [3.05, 3.63) is 114 Å². The zero-order valence-corrected chi connectivity index (χ0v) is 23.3. The quantitative estimate of drug-likeness (QED) is 0.230. The van der Waals surface area contributed by atoms with Crippen molar-refractivity contribution < 1.29 is 9.90 Å². The number of hydrogen-bond acceptors (Lipinski definition) is 4. The average Bonchev–Trinajstić information content (AvgIpc) is 3.34. The number of aliphatic hydroxyl groups is 1. The molecule has 204 valence electrons. The van der Waals surface area contributed by atoms with Crippen LogP contribution in [0.4, 0.5) is 0 Å². The third-order valence-electron chi connectivity index (χ3n) is 6.83. The summed E-state index contributed by atoms with van der Waals surface area (Å²) in [5.41, 5.74) is 3.73. The van der Waals surface area contributed by atoms with Crippen molar-refractivity contribution in [2.45, 2.75) is 39.8 Å². The number of hydrogen-bond donors (Lipinski definition) is 2. The van der Waals surface area contributed by atoms with Gasteiger partial charge >= 0.3 is 0 Å². The lowest BCUT2D eigenvalue weighted by atomic mass is 9.84. The molecule has 39 heavy (non-hydrogen) atoms. The van der Waals surface area contributed by atoms with Crippen LogP contribution in [-0.2, 0) is 6.54 Å². The monoisotopic (exact) mass is 524 g/mol. The van der Waals surface area contributed by atoms with Gasteiger partial charge in [0.05, 0.1) is 18.3 Å². The maximum Gasteiger partial charge on any atom is 0.251 e. The second-order valence-corrected chi connectivity index (χ2v) is 11.0. The first kappa shape index (κ1) is 28.3. The summed E-state index contributed by atoms with van der Waals surface area (Å²) in [6.07, 6.45) is 2.91. The van der Waals surface area contributed by atoms with Crippen LogP contribution in [0.2, 0.25) is 0 Å². The summed E-state index contributed by atoms with van der Waals surface area (Å²) >= 11 is 0. The number of imidazole rings is 1. The van der Waals surface area contributed by atoms with Crippen molar-refractivity contribution in [2.24, 2.45) is 5.41 Å². The molecule has 0 bridgehead atoms. The van der Waals surface area contributed by atoms with E-state index < -0.39 is 0 Å². The van der Waals surface area contributed by atoms with Crippen molar-refractivity contribution in [1.29, 1.82) is 0 Å². The summed E-state index contributed by atoms with van der Waals surface area (Å²) in [6, 6.07) is 29.9. The van der Waals surface area contributed by atoms with Gasteiger partial charge in [-0.15, -0.1) is 0 Å². The highest BCUT2D eigenvalue weighted by Crippen LogP contribution is 2.39. The van der Waals surface area contributed by atoms with Gasteiger partial charge in [0.2, 0.25) is 0 Å². The predicted octanol–water partition coefficient (Wildman–Crippen LogP) is 5.80. The Bertz CT molecular complexity index is 1300. The van der Waals surface area contributed by atoms with Crippen LogP contribution < -0.4 is 5.32 Å². The Morgan fingerprint density at radius 3 is 2.15 bits per heavy atom. The molecule has 1 heterocycles. The molecular formula is C33H40N4O2. The smallest absolute Gasteiger partial charge is 0.251 e. The Balaban J connectivity index is 1.60. The molecular weight excluding hydrogens is 484 g/mol. The lowest BCUT2D eigenvalue weighted by Crippen LogP contribution is -2.41. The van der Waals surface area contributed by atoms with Gasteiger partial charge in [0.15, 0.2) is 0 Å². The Morgan fingerprint density at radius 1 is 0.923 bits per heavy atom. The zero-order valence-electron chi connectivity index (χ0n) is 23.3. The normalized spacial score (nSPS) is 12.4. The van der Waals surface area contributed by atoms with E-state index in [1.165, 1.54) is 5.56 Å². The van der Waals surface area contributed by atoms with Crippen molar-refractivity contribution >= 4 is 5.91 Å². The molecule has 1 atom stereocenters. The number of aliphatic hydroxyl groups excluding tert-OH is 1. The van der Waals surface area contributed by atoms with E-state index >= 15 is 0 Å². The third kappa shape index (κ3) is 7.65. The lowest BCUT2D eigenvalue weighted by Gasteiger charge is -2.40. The van der Waals surface area contributed by atoms with Crippen LogP contribution in [0.5, 0.6) is 0 Å². The van der Waals surface area contributed by atoms with Gasteiger partial charge in [0.1, 0.15) is 5.82 Å². The molecule has 4 aromatic rings. The van der Waals surface area contributed by atoms with Crippen molar-refractivity contribution in [3.8, 4) is 11.3 Å². The molecule has 0 saturated heterocycles. The highest BCUT2D eigenvalue weighted by molar-refractivity contribution is 5.94. The Labute approximate surface area is 232 Å². The highest BCUT2D eigenvalue weighted by atomic mass is 16.3. The molecule has 1 amide bonds. The first-order chi connectivity index (χ1) is 18.9. The Morgan fingerprint density at radius 2 is 1.54 bits per heavy atom. The summed E-state index contributed by atoms with van der Waals surface area (Å²) in [5, 5.41) is 13.1. The molecule has 6 nitrogen and oxygen atoms in total. The fraction of sp³-hybridized carbons (Fsp3) is 0.333. The number of carbonyl (C=O) groups excluding carboxylic acids is 1. The number of amides is 1. The van der Waals surface area contributed by atoms with Crippen molar-refractivity contribution in [2.75, 3.05) is 26.2 Å². The van der Waals surface area contributed by atoms with E-state index in [0.29, 0.717) is 25.2 Å². The van der Waals surface area contributed by atoms with Crippen molar-refractivity contribution in [1.82, 2.24) is 19.8 Å². The molecule has 0 fully saturated rings. The minimum Gasteiger partial charge on any atom is -0.395 e. The van der Waals surface area contributed by atoms with Crippen LogP contribution in [0.25, 0.3) is 11.3 Å². The molecule has 0 aliphatic rings. The third-order valence-corrected chi connectivity index (χ3v) is 6.83. The SMILES string of the molecule is CC(C)(C)[C@H](c1nc(-c2ccccc2)cn1Cc1ccccc1)N(CCO)CCCNC(=O)c1ccccc1. The van der Waals surface area contributed by atoms with Crippen LogP contribution in [0, 0.1) is 5.41 Å². The molecule has 1 aromatic heterocycles. The number of carbonyl (C=O) groups is 1. The predicted molar refractivity (Wildman–Crippen MR) is 157 cm³/mol.